The first-order valence-electron chi connectivity index (χ1n) is 11.6. The van der Waals surface area contributed by atoms with Gasteiger partial charge in [-0.2, -0.15) is 0 Å². The van der Waals surface area contributed by atoms with Gasteiger partial charge in [-0.3, -0.25) is 9.59 Å². The van der Waals surface area contributed by atoms with E-state index in [9.17, 15) is 18.8 Å². The van der Waals surface area contributed by atoms with E-state index in [0.717, 1.165) is 24.2 Å². The number of carbonyl (C=O) groups is 3. The minimum Gasteiger partial charge on any atom is -0.497 e. The minimum absolute atomic E-state index is 0.230. The highest BCUT2D eigenvalue weighted by Crippen LogP contribution is 2.39. The van der Waals surface area contributed by atoms with Gasteiger partial charge in [0.1, 0.15) is 23.3 Å². The quantitative estimate of drug-likeness (QED) is 0.324. The molecule has 0 radical (unpaired) electrons. The summed E-state index contributed by atoms with van der Waals surface area (Å²) in [7, 11) is 1.54. The summed E-state index contributed by atoms with van der Waals surface area (Å²) in [6.45, 7) is 2.17. The summed E-state index contributed by atoms with van der Waals surface area (Å²) in [6.07, 6.45) is 7.59. The van der Waals surface area contributed by atoms with Gasteiger partial charge in [-0.05, 0) is 54.4 Å². The van der Waals surface area contributed by atoms with Crippen LogP contribution in [0.4, 0.5) is 20.6 Å². The Morgan fingerprint density at radius 3 is 2.33 bits per heavy atom. The zero-order chi connectivity index (χ0) is 23.8. The molecule has 1 aliphatic rings. The van der Waals surface area contributed by atoms with Gasteiger partial charge in [0.2, 0.25) is 5.91 Å². The van der Waals surface area contributed by atoms with Gasteiger partial charge in [-0.25, -0.2) is 14.1 Å². The first kappa shape index (κ1) is 24.4. The number of fused-ring (bicyclic) bond motifs is 1. The van der Waals surface area contributed by atoms with Gasteiger partial charge >= 0.3 is 6.03 Å². The molecule has 1 aliphatic heterocycles. The van der Waals surface area contributed by atoms with Crippen molar-refractivity contribution in [2.75, 3.05) is 17.3 Å². The maximum absolute atomic E-state index is 14.0. The molecule has 0 spiro atoms. The van der Waals surface area contributed by atoms with Crippen LogP contribution in [-0.2, 0) is 9.59 Å². The van der Waals surface area contributed by atoms with Gasteiger partial charge in [-0.1, -0.05) is 45.4 Å². The number of hydrogen-bond acceptors (Lipinski definition) is 4. The lowest BCUT2D eigenvalue weighted by Gasteiger charge is -2.17. The fourth-order valence-electron chi connectivity index (χ4n) is 4.12. The van der Waals surface area contributed by atoms with Crippen LogP contribution in [0.3, 0.4) is 0 Å². The Morgan fingerprint density at radius 2 is 1.67 bits per heavy atom. The highest BCUT2D eigenvalue weighted by molar-refractivity contribution is 6.29. The van der Waals surface area contributed by atoms with E-state index in [2.05, 4.69) is 12.2 Å². The van der Waals surface area contributed by atoms with Crippen molar-refractivity contribution >= 4 is 29.1 Å². The van der Waals surface area contributed by atoms with Crippen molar-refractivity contribution < 1.29 is 23.5 Å². The molecule has 33 heavy (non-hydrogen) atoms. The van der Waals surface area contributed by atoms with Gasteiger partial charge < -0.3 is 10.1 Å². The summed E-state index contributed by atoms with van der Waals surface area (Å²) in [5.41, 5.74) is 0.957. The highest BCUT2D eigenvalue weighted by Gasteiger charge is 2.44. The fraction of sp³-hybridized carbons (Fsp3) is 0.423. The molecule has 176 valence electrons. The van der Waals surface area contributed by atoms with Crippen LogP contribution in [-0.4, -0.2) is 24.8 Å². The van der Waals surface area contributed by atoms with E-state index in [0.29, 0.717) is 17.9 Å². The van der Waals surface area contributed by atoms with E-state index in [-0.39, 0.29) is 23.5 Å². The molecular formula is C26H31FN2O4. The molecule has 0 saturated carbocycles. The van der Waals surface area contributed by atoms with Gasteiger partial charge in [0.05, 0.1) is 12.8 Å². The number of nitrogens with zero attached hydrogens (tertiary/aromatic N) is 1. The molecule has 1 unspecified atom stereocenters. The van der Waals surface area contributed by atoms with Crippen LogP contribution in [0.5, 0.6) is 5.75 Å². The van der Waals surface area contributed by atoms with Gasteiger partial charge in [0.15, 0.2) is 0 Å². The second-order valence-corrected chi connectivity index (χ2v) is 8.31. The predicted octanol–water partition coefficient (Wildman–Crippen LogP) is 6.21. The van der Waals surface area contributed by atoms with Crippen LogP contribution >= 0.6 is 0 Å². The van der Waals surface area contributed by atoms with Crippen molar-refractivity contribution in [3.63, 3.8) is 0 Å². The smallest absolute Gasteiger partial charge is 0.333 e. The highest BCUT2D eigenvalue weighted by atomic mass is 19.1. The number of hydrogen-bond donors (Lipinski definition) is 1. The number of ether oxygens (including phenoxy) is 1. The van der Waals surface area contributed by atoms with E-state index in [4.69, 9.17) is 4.74 Å². The van der Waals surface area contributed by atoms with E-state index < -0.39 is 23.7 Å². The molecule has 0 bridgehead atoms. The lowest BCUT2D eigenvalue weighted by Crippen LogP contribution is -2.39. The zero-order valence-corrected chi connectivity index (χ0v) is 19.2. The maximum Gasteiger partial charge on any atom is 0.333 e. The number of urea groups is 1. The number of Topliss-reactive ketones (excluding diaryl/α,β-unsaturated/α-hetero) is 1. The average Bonchev–Trinajstić information content (AvgIpc) is 3.09. The Morgan fingerprint density at radius 1 is 1.00 bits per heavy atom. The normalized spacial score (nSPS) is 14.8. The van der Waals surface area contributed by atoms with Gasteiger partial charge in [-0.15, -0.1) is 0 Å². The van der Waals surface area contributed by atoms with Crippen molar-refractivity contribution in [3.05, 3.63) is 53.8 Å². The van der Waals surface area contributed by atoms with Crippen molar-refractivity contribution in [1.82, 2.24) is 0 Å². The summed E-state index contributed by atoms with van der Waals surface area (Å²) in [5.74, 6) is -2.00. The third-order valence-corrected chi connectivity index (χ3v) is 5.90. The van der Waals surface area contributed by atoms with E-state index in [1.54, 1.807) is 24.3 Å². The number of carbonyl (C=O) groups excluding carboxylic acids is 3. The molecule has 0 aliphatic carbocycles. The minimum atomic E-state index is -1.16. The van der Waals surface area contributed by atoms with E-state index in [1.165, 1.54) is 44.6 Å². The van der Waals surface area contributed by atoms with Gasteiger partial charge in [0, 0.05) is 12.1 Å². The summed E-state index contributed by atoms with van der Waals surface area (Å²) in [4.78, 5) is 40.0. The molecule has 0 fully saturated rings. The molecule has 0 aromatic heterocycles. The molecule has 1 atom stereocenters. The molecule has 2 aromatic carbocycles. The van der Waals surface area contributed by atoms with Crippen molar-refractivity contribution in [2.45, 2.75) is 64.2 Å². The molecule has 1 N–H and O–H groups in total. The Bertz CT molecular complexity index is 990. The Kier molecular flexibility index (Phi) is 8.58. The third kappa shape index (κ3) is 5.97. The number of rotatable bonds is 11. The second kappa shape index (κ2) is 11.6. The van der Waals surface area contributed by atoms with Crippen molar-refractivity contribution in [3.8, 4) is 5.75 Å². The van der Waals surface area contributed by atoms with Crippen LogP contribution in [0.1, 0.15) is 69.8 Å². The summed E-state index contributed by atoms with van der Waals surface area (Å²) in [6, 6.07) is 9.70. The molecule has 2 aromatic rings. The molecule has 7 heteroatoms. The number of methoxy groups -OCH3 is 1. The standard InChI is InChI=1S/C26H31FN2O4/c1-3-4-5-6-7-8-9-10-23(30)24-21-17-18(27)11-16-22(21)29(25(24)31)26(32)28-19-12-14-20(33-2)15-13-19/h11-17,24H,3-10H2,1-2H3,(H,28,32). The van der Waals surface area contributed by atoms with E-state index >= 15 is 0 Å². The lowest BCUT2D eigenvalue weighted by molar-refractivity contribution is -0.128. The third-order valence-electron chi connectivity index (χ3n) is 5.90. The summed E-state index contributed by atoms with van der Waals surface area (Å²) >= 11 is 0. The number of anilines is 2. The Hall–Kier alpha value is -3.22. The predicted molar refractivity (Wildman–Crippen MR) is 126 cm³/mol. The molecule has 3 rings (SSSR count). The number of amides is 3. The number of halogens is 1. The first-order valence-corrected chi connectivity index (χ1v) is 11.6. The van der Waals surface area contributed by atoms with Crippen LogP contribution in [0.15, 0.2) is 42.5 Å². The number of ketones is 1. The lowest BCUT2D eigenvalue weighted by atomic mass is 9.92. The van der Waals surface area contributed by atoms with Gasteiger partial charge in [0.25, 0.3) is 0 Å². The van der Waals surface area contributed by atoms with Crippen LogP contribution in [0.2, 0.25) is 0 Å². The average molecular weight is 455 g/mol. The Balaban J connectivity index is 1.69. The summed E-state index contributed by atoms with van der Waals surface area (Å²) < 4.78 is 19.1. The van der Waals surface area contributed by atoms with Crippen molar-refractivity contribution in [1.29, 1.82) is 0 Å². The van der Waals surface area contributed by atoms with Crippen LogP contribution < -0.4 is 15.0 Å². The first-order chi connectivity index (χ1) is 16.0. The molecular weight excluding hydrogens is 423 g/mol. The number of unbranched alkanes of at least 4 members (excludes halogenated alkanes) is 6. The molecule has 1 heterocycles. The SMILES string of the molecule is CCCCCCCCCC(=O)C1C(=O)N(C(=O)Nc2ccc(OC)cc2)c2ccc(F)cc21. The second-order valence-electron chi connectivity index (χ2n) is 8.31. The van der Waals surface area contributed by atoms with Crippen LogP contribution in [0, 0.1) is 5.82 Å². The maximum atomic E-state index is 14.0. The van der Waals surface area contributed by atoms with Crippen LogP contribution in [0.25, 0.3) is 0 Å². The number of imide groups is 1. The Labute approximate surface area is 194 Å². The zero-order valence-electron chi connectivity index (χ0n) is 19.2. The number of benzene rings is 2. The molecule has 0 saturated heterocycles. The largest absolute Gasteiger partial charge is 0.497 e. The topological polar surface area (TPSA) is 75.7 Å². The van der Waals surface area contributed by atoms with E-state index in [1.807, 2.05) is 0 Å². The fourth-order valence-corrected chi connectivity index (χ4v) is 4.12. The molecule has 3 amide bonds. The monoisotopic (exact) mass is 454 g/mol. The van der Waals surface area contributed by atoms with Crippen molar-refractivity contribution in [2.24, 2.45) is 0 Å². The summed E-state index contributed by atoms with van der Waals surface area (Å²) in [5, 5.41) is 2.66. The molecule has 6 nitrogen and oxygen atoms in total. The number of nitrogens with one attached hydrogen (secondary N) is 1.